The van der Waals surface area contributed by atoms with E-state index in [1.165, 1.54) is 23.5 Å². The van der Waals surface area contributed by atoms with Crippen LogP contribution in [0.2, 0.25) is 0 Å². The second kappa shape index (κ2) is 22.7. The molecule has 2 amide bonds. The van der Waals surface area contributed by atoms with E-state index in [0.717, 1.165) is 32.3 Å². The van der Waals surface area contributed by atoms with Gasteiger partial charge in [0.1, 0.15) is 12.3 Å². The lowest BCUT2D eigenvalue weighted by atomic mass is 10.0. The average Bonchev–Trinajstić information content (AvgIpc) is 3.37. The molecule has 2 saturated heterocycles. The lowest BCUT2D eigenvalue weighted by Crippen LogP contribution is -2.51. The van der Waals surface area contributed by atoms with E-state index in [1.54, 1.807) is 50.9 Å². The molecule has 0 saturated carbocycles. The number of amides is 2. The Labute approximate surface area is 412 Å². The van der Waals surface area contributed by atoms with Gasteiger partial charge in [-0.25, -0.2) is 18.7 Å². The molecule has 70 heavy (non-hydrogen) atoms. The van der Waals surface area contributed by atoms with Gasteiger partial charge in [0.25, 0.3) is 0 Å². The number of carbonyl (C=O) groups excluding carboxylic acids is 2. The van der Waals surface area contributed by atoms with Gasteiger partial charge >= 0.3 is 0 Å². The first-order chi connectivity index (χ1) is 34.0. The first-order valence-corrected chi connectivity index (χ1v) is 25.2. The summed E-state index contributed by atoms with van der Waals surface area (Å²) in [5.74, 6) is 1.78. The fourth-order valence-electron chi connectivity index (χ4n) is 9.21. The van der Waals surface area contributed by atoms with Gasteiger partial charge in [0.05, 0.1) is 71.4 Å². The number of pyridine rings is 4. The highest BCUT2D eigenvalue weighted by Gasteiger charge is 2.32. The van der Waals surface area contributed by atoms with Gasteiger partial charge in [-0.1, -0.05) is 12.1 Å². The van der Waals surface area contributed by atoms with Gasteiger partial charge in [-0.3, -0.25) is 29.4 Å². The van der Waals surface area contributed by atoms with Crippen molar-refractivity contribution in [3.63, 3.8) is 0 Å². The van der Waals surface area contributed by atoms with Crippen LogP contribution in [0.1, 0.15) is 47.3 Å². The number of methoxy groups -OCH3 is 2. The Morgan fingerprint density at radius 1 is 0.671 bits per heavy atom. The van der Waals surface area contributed by atoms with Crippen molar-refractivity contribution in [1.29, 1.82) is 0 Å². The van der Waals surface area contributed by atoms with Crippen LogP contribution in [0.3, 0.4) is 0 Å². The predicted octanol–water partition coefficient (Wildman–Crippen LogP) is 5.84. The van der Waals surface area contributed by atoms with Crippen LogP contribution in [0.15, 0.2) is 95.0 Å². The van der Waals surface area contributed by atoms with E-state index in [1.807, 2.05) is 58.3 Å². The molecule has 4 aliphatic rings. The molecule has 0 aliphatic carbocycles. The van der Waals surface area contributed by atoms with E-state index in [2.05, 4.69) is 41.2 Å². The number of ether oxygens (including phenoxy) is 2. The number of β-amino-alcohol motifs (C(OH)–C–C–N with tert-alkyl or cyclic N) is 2. The minimum absolute atomic E-state index is 0.000623. The van der Waals surface area contributed by atoms with Crippen LogP contribution in [0, 0.1) is 0 Å². The number of thioether (sulfide) groups is 2. The van der Waals surface area contributed by atoms with E-state index < -0.39 is 24.6 Å². The van der Waals surface area contributed by atoms with Crippen LogP contribution in [-0.2, 0) is 22.7 Å². The number of anilines is 2. The minimum atomic E-state index is -1.06. The van der Waals surface area contributed by atoms with Gasteiger partial charge in [0, 0.05) is 96.8 Å². The molecule has 16 nitrogen and oxygen atoms in total. The maximum Gasteiger partial charge on any atom is 0.234 e. The largest absolute Gasteiger partial charge is 0.481 e. The highest BCUT2D eigenvalue weighted by Crippen LogP contribution is 2.34. The van der Waals surface area contributed by atoms with Gasteiger partial charge in [-0.15, -0.1) is 23.5 Å². The van der Waals surface area contributed by atoms with Crippen LogP contribution < -0.4 is 30.7 Å². The number of benzene rings is 2. The lowest BCUT2D eigenvalue weighted by Gasteiger charge is -2.36. The highest BCUT2D eigenvalue weighted by atomic mass is 32.2. The summed E-state index contributed by atoms with van der Waals surface area (Å²) in [5.41, 5.74) is 7.49. The number of nitrogens with zero attached hydrogens (tertiary/aromatic N) is 6. The molecule has 4 aromatic heterocycles. The van der Waals surface area contributed by atoms with E-state index in [0.29, 0.717) is 109 Å². The summed E-state index contributed by atoms with van der Waals surface area (Å²) in [7, 11) is 3.09. The number of aromatic nitrogens is 4. The van der Waals surface area contributed by atoms with Crippen molar-refractivity contribution in [1.82, 2.24) is 40.4 Å². The standard InChI is InChI=1S/2C25H28FN5O3S/c2*1-34-24-5-3-19-25(30-24)16(6-8-27-19)21(32)13-31-9-7-18(17(26)12-31)28-11-15-2-4-22-20(10-15)29-23(33)14-35-22/h2*2-6,8,10,17-18,21,28,32H,7,9,11-14H2,1H3,(H,29,33)/t17-,18+,21+;17-,18+,21-/m10/s1. The Hall–Kier alpha value is -5.58. The molecule has 0 radical (unpaired) electrons. The van der Waals surface area contributed by atoms with Crippen molar-refractivity contribution in [3.8, 4) is 11.8 Å². The first kappa shape index (κ1) is 49.4. The molecular formula is C50H56F2N10O6S2. The number of aliphatic hydroxyl groups excluding tert-OH is 2. The number of carbonyl (C=O) groups is 2. The summed E-state index contributed by atoms with van der Waals surface area (Å²) in [6.45, 7) is 3.51. The third kappa shape index (κ3) is 11.9. The summed E-state index contributed by atoms with van der Waals surface area (Å²) in [6, 6.07) is 22.0. The lowest BCUT2D eigenvalue weighted by molar-refractivity contribution is -0.114. The van der Waals surface area contributed by atoms with Gasteiger partial charge in [-0.05, 0) is 85.6 Å². The molecule has 0 bridgehead atoms. The second-order valence-electron chi connectivity index (χ2n) is 17.7. The SMILES string of the molecule is COc1ccc2nccc([C@@H](O)CN3CC[C@@H](NCc4ccc5c(c4)NC(=O)CS5)[C@@H](F)C3)c2n1.COc1ccc2nccc([C@@H](O)CN3CC[C@H](NCc4ccc5c(c4)NC(=O)CS5)[C@H](F)C3)c2n1. The molecular weight excluding hydrogens is 939 g/mol. The zero-order valence-electron chi connectivity index (χ0n) is 38.8. The van der Waals surface area contributed by atoms with Gasteiger partial charge in [0.2, 0.25) is 23.6 Å². The van der Waals surface area contributed by atoms with Crippen molar-refractivity contribution in [2.75, 3.05) is 75.6 Å². The molecule has 6 N–H and O–H groups in total. The fourth-order valence-corrected chi connectivity index (χ4v) is 10.8. The Balaban J connectivity index is 0.000000174. The molecule has 8 heterocycles. The fraction of sp³-hybridized carbons (Fsp3) is 0.400. The molecule has 10 rings (SSSR count). The third-order valence-corrected chi connectivity index (χ3v) is 15.1. The van der Waals surface area contributed by atoms with Gasteiger partial charge in [0.15, 0.2) is 0 Å². The van der Waals surface area contributed by atoms with Gasteiger partial charge in [-0.2, -0.15) is 0 Å². The number of hydrogen-bond acceptors (Lipinski definition) is 16. The average molecular weight is 995 g/mol. The Kier molecular flexibility index (Phi) is 16.0. The molecule has 2 fully saturated rings. The molecule has 0 unspecified atom stereocenters. The number of rotatable bonds is 14. The van der Waals surface area contributed by atoms with Gasteiger partial charge < -0.3 is 41.0 Å². The summed E-state index contributed by atoms with van der Waals surface area (Å²) in [4.78, 5) is 46.8. The minimum Gasteiger partial charge on any atom is -0.481 e. The molecule has 20 heteroatoms. The Bertz CT molecular complexity index is 2650. The molecule has 0 spiro atoms. The Morgan fingerprint density at radius 3 is 1.53 bits per heavy atom. The third-order valence-electron chi connectivity index (χ3n) is 12.9. The second-order valence-corrected chi connectivity index (χ2v) is 19.7. The van der Waals surface area contributed by atoms with Crippen molar-refractivity contribution in [2.45, 2.75) is 72.4 Å². The predicted molar refractivity (Wildman–Crippen MR) is 267 cm³/mol. The van der Waals surface area contributed by atoms with E-state index >= 15 is 8.78 Å². The number of halogens is 2. The number of alkyl halides is 2. The molecule has 6 aromatic rings. The number of aliphatic hydroxyl groups is 2. The quantitative estimate of drug-likeness (QED) is 0.0761. The smallest absolute Gasteiger partial charge is 0.234 e. The van der Waals surface area contributed by atoms with Crippen molar-refractivity contribution in [2.24, 2.45) is 0 Å². The van der Waals surface area contributed by atoms with Crippen LogP contribution in [-0.4, -0.2) is 141 Å². The first-order valence-electron chi connectivity index (χ1n) is 23.3. The summed E-state index contributed by atoms with van der Waals surface area (Å²) in [6.07, 6.45) is 0.804. The monoisotopic (exact) mass is 994 g/mol. The van der Waals surface area contributed by atoms with Crippen LogP contribution in [0.4, 0.5) is 20.2 Å². The number of likely N-dealkylation sites (tertiary alicyclic amines) is 2. The normalized spacial score (nSPS) is 21.4. The topological polar surface area (TPSA) is 199 Å². The van der Waals surface area contributed by atoms with E-state index in [-0.39, 0.29) is 37.0 Å². The van der Waals surface area contributed by atoms with Crippen molar-refractivity contribution >= 4 is 68.8 Å². The molecule has 368 valence electrons. The molecule has 2 aromatic carbocycles. The van der Waals surface area contributed by atoms with Crippen molar-refractivity contribution in [3.05, 3.63) is 107 Å². The van der Waals surface area contributed by atoms with Crippen molar-refractivity contribution < 1.29 is 38.1 Å². The highest BCUT2D eigenvalue weighted by molar-refractivity contribution is 8.00. The maximum absolute atomic E-state index is 15.0. The number of nitrogens with one attached hydrogen (secondary N) is 4. The van der Waals surface area contributed by atoms with Crippen LogP contribution in [0.5, 0.6) is 11.8 Å². The summed E-state index contributed by atoms with van der Waals surface area (Å²) >= 11 is 3.05. The van der Waals surface area contributed by atoms with Crippen LogP contribution >= 0.6 is 23.5 Å². The number of fused-ring (bicyclic) bond motifs is 4. The number of hydrogen-bond donors (Lipinski definition) is 6. The Morgan fingerprint density at radius 2 is 1.11 bits per heavy atom. The van der Waals surface area contributed by atoms with E-state index in [9.17, 15) is 19.8 Å². The summed E-state index contributed by atoms with van der Waals surface area (Å²) < 4.78 is 40.5. The maximum atomic E-state index is 15.0. The molecule has 6 atom stereocenters. The summed E-state index contributed by atoms with van der Waals surface area (Å²) in [5, 5.41) is 34.3. The zero-order valence-corrected chi connectivity index (χ0v) is 40.4. The zero-order chi connectivity index (χ0) is 48.7. The van der Waals surface area contributed by atoms with E-state index in [4.69, 9.17) is 9.47 Å². The molecule has 4 aliphatic heterocycles. The number of piperidine rings is 2. The van der Waals surface area contributed by atoms with Crippen LogP contribution in [0.25, 0.3) is 22.1 Å².